The molecule has 0 fully saturated rings. The molecule has 0 aliphatic rings. The summed E-state index contributed by atoms with van der Waals surface area (Å²) in [7, 11) is 0. The molecule has 2 nitrogen and oxygen atoms in total. The van der Waals surface area contributed by atoms with Gasteiger partial charge in [0.25, 0.3) is 0 Å². The number of rotatable bonds is 6. The predicted molar refractivity (Wildman–Crippen MR) is 79.6 cm³/mol. The Morgan fingerprint density at radius 2 is 1.80 bits per heavy atom. The van der Waals surface area contributed by atoms with Crippen LogP contribution in [-0.2, 0) is 13.2 Å². The molecule has 2 aromatic carbocycles. The van der Waals surface area contributed by atoms with Gasteiger partial charge in [0.2, 0.25) is 0 Å². The second-order valence-corrected chi connectivity index (χ2v) is 4.87. The first kappa shape index (κ1) is 14.8. The van der Waals surface area contributed by atoms with Gasteiger partial charge in [-0.3, -0.25) is 0 Å². The minimum atomic E-state index is -0.422. The lowest BCUT2D eigenvalue weighted by Crippen LogP contribution is -2.11. The normalized spacial score (nSPS) is 10.6. The van der Waals surface area contributed by atoms with Crippen LogP contribution in [0.25, 0.3) is 0 Å². The van der Waals surface area contributed by atoms with E-state index in [9.17, 15) is 4.39 Å². The van der Waals surface area contributed by atoms with Gasteiger partial charge in [0, 0.05) is 6.54 Å². The van der Waals surface area contributed by atoms with Crippen molar-refractivity contribution >= 4 is 11.6 Å². The van der Waals surface area contributed by atoms with Crippen molar-refractivity contribution in [2.45, 2.75) is 20.1 Å². The third-order valence-electron chi connectivity index (χ3n) is 2.89. The van der Waals surface area contributed by atoms with Crippen molar-refractivity contribution in [3.8, 4) is 5.75 Å². The maximum atomic E-state index is 13.3. The van der Waals surface area contributed by atoms with Gasteiger partial charge < -0.3 is 10.1 Å². The summed E-state index contributed by atoms with van der Waals surface area (Å²) in [5, 5.41) is 3.38. The highest BCUT2D eigenvalue weighted by Gasteiger charge is 2.02. The van der Waals surface area contributed by atoms with Crippen LogP contribution >= 0.6 is 11.6 Å². The van der Waals surface area contributed by atoms with Gasteiger partial charge in [0.1, 0.15) is 18.2 Å². The van der Waals surface area contributed by atoms with E-state index in [1.807, 2.05) is 24.3 Å². The number of halogens is 2. The fourth-order valence-electron chi connectivity index (χ4n) is 1.77. The molecular formula is C16H17ClFNO. The highest BCUT2D eigenvalue weighted by Crippen LogP contribution is 2.18. The molecule has 0 saturated heterocycles. The molecule has 0 aliphatic carbocycles. The molecule has 4 heteroatoms. The highest BCUT2D eigenvalue weighted by atomic mass is 35.5. The van der Waals surface area contributed by atoms with Crippen LogP contribution in [0.1, 0.15) is 18.1 Å². The first-order valence-electron chi connectivity index (χ1n) is 6.55. The standard InChI is InChI=1S/C16H17ClFNO/c1-2-19-10-12-3-6-14(7-4-12)20-11-13-5-8-15(17)16(18)9-13/h3-9,19H,2,10-11H2,1H3. The monoisotopic (exact) mass is 293 g/mol. The van der Waals surface area contributed by atoms with Gasteiger partial charge in [-0.2, -0.15) is 0 Å². The topological polar surface area (TPSA) is 21.3 Å². The van der Waals surface area contributed by atoms with Crippen molar-refractivity contribution < 1.29 is 9.13 Å². The van der Waals surface area contributed by atoms with E-state index in [-0.39, 0.29) is 5.02 Å². The number of benzene rings is 2. The molecule has 0 bridgehead atoms. The zero-order valence-electron chi connectivity index (χ0n) is 11.3. The molecule has 0 radical (unpaired) electrons. The van der Waals surface area contributed by atoms with Crippen LogP contribution in [-0.4, -0.2) is 6.54 Å². The van der Waals surface area contributed by atoms with Gasteiger partial charge in [-0.05, 0) is 41.9 Å². The summed E-state index contributed by atoms with van der Waals surface area (Å²) in [6.45, 7) is 4.18. The summed E-state index contributed by atoms with van der Waals surface area (Å²) in [6.07, 6.45) is 0. The molecule has 106 valence electrons. The largest absolute Gasteiger partial charge is 0.489 e. The predicted octanol–water partition coefficient (Wildman–Crippen LogP) is 4.17. The van der Waals surface area contributed by atoms with Crippen LogP contribution < -0.4 is 10.1 Å². The summed E-state index contributed by atoms with van der Waals surface area (Å²) in [4.78, 5) is 0. The summed E-state index contributed by atoms with van der Waals surface area (Å²) >= 11 is 5.64. The summed E-state index contributed by atoms with van der Waals surface area (Å²) in [6, 6.07) is 12.5. The fourth-order valence-corrected chi connectivity index (χ4v) is 1.89. The molecule has 0 aromatic heterocycles. The SMILES string of the molecule is CCNCc1ccc(OCc2ccc(Cl)c(F)c2)cc1. The van der Waals surface area contributed by atoms with Crippen molar-refractivity contribution in [3.05, 3.63) is 64.4 Å². The average molecular weight is 294 g/mol. The van der Waals surface area contributed by atoms with E-state index in [1.165, 1.54) is 17.7 Å². The number of hydrogen-bond donors (Lipinski definition) is 1. The zero-order chi connectivity index (χ0) is 14.4. The van der Waals surface area contributed by atoms with E-state index in [0.29, 0.717) is 6.61 Å². The lowest BCUT2D eigenvalue weighted by Gasteiger charge is -2.08. The molecule has 0 spiro atoms. The Kier molecular flexibility index (Phi) is 5.39. The lowest BCUT2D eigenvalue weighted by molar-refractivity contribution is 0.305. The Bertz CT molecular complexity index is 557. The van der Waals surface area contributed by atoms with Crippen molar-refractivity contribution in [3.63, 3.8) is 0 Å². The number of ether oxygens (including phenoxy) is 1. The summed E-state index contributed by atoms with van der Waals surface area (Å²) < 4.78 is 18.9. The van der Waals surface area contributed by atoms with Crippen LogP contribution in [0, 0.1) is 5.82 Å². The first-order valence-corrected chi connectivity index (χ1v) is 6.93. The Labute approximate surface area is 123 Å². The number of hydrogen-bond acceptors (Lipinski definition) is 2. The van der Waals surface area contributed by atoms with Crippen LogP contribution in [0.15, 0.2) is 42.5 Å². The maximum Gasteiger partial charge on any atom is 0.142 e. The van der Waals surface area contributed by atoms with E-state index in [2.05, 4.69) is 12.2 Å². The van der Waals surface area contributed by atoms with Gasteiger partial charge in [-0.1, -0.05) is 36.7 Å². The summed E-state index contributed by atoms with van der Waals surface area (Å²) in [5.41, 5.74) is 1.96. The van der Waals surface area contributed by atoms with Gasteiger partial charge in [0.05, 0.1) is 5.02 Å². The summed E-state index contributed by atoms with van der Waals surface area (Å²) in [5.74, 6) is 0.342. The molecule has 0 heterocycles. The highest BCUT2D eigenvalue weighted by molar-refractivity contribution is 6.30. The van der Waals surface area contributed by atoms with Crippen molar-refractivity contribution in [1.82, 2.24) is 5.32 Å². The van der Waals surface area contributed by atoms with Crippen molar-refractivity contribution in [2.24, 2.45) is 0 Å². The van der Waals surface area contributed by atoms with Crippen LogP contribution in [0.5, 0.6) is 5.75 Å². The molecule has 0 atom stereocenters. The van der Waals surface area contributed by atoms with Crippen LogP contribution in [0.3, 0.4) is 0 Å². The minimum absolute atomic E-state index is 0.126. The second kappa shape index (κ2) is 7.27. The minimum Gasteiger partial charge on any atom is -0.489 e. The molecule has 0 aliphatic heterocycles. The van der Waals surface area contributed by atoms with Gasteiger partial charge in [-0.25, -0.2) is 4.39 Å². The number of nitrogens with one attached hydrogen (secondary N) is 1. The lowest BCUT2D eigenvalue weighted by atomic mass is 10.2. The third kappa shape index (κ3) is 4.22. The van der Waals surface area contributed by atoms with E-state index in [1.54, 1.807) is 6.07 Å². The molecule has 2 aromatic rings. The van der Waals surface area contributed by atoms with Crippen molar-refractivity contribution in [2.75, 3.05) is 6.54 Å². The van der Waals surface area contributed by atoms with E-state index in [4.69, 9.17) is 16.3 Å². The molecular weight excluding hydrogens is 277 g/mol. The van der Waals surface area contributed by atoms with E-state index < -0.39 is 5.82 Å². The zero-order valence-corrected chi connectivity index (χ0v) is 12.1. The quantitative estimate of drug-likeness (QED) is 0.863. The Morgan fingerprint density at radius 1 is 1.10 bits per heavy atom. The second-order valence-electron chi connectivity index (χ2n) is 4.46. The van der Waals surface area contributed by atoms with E-state index in [0.717, 1.165) is 24.4 Å². The molecule has 0 saturated carbocycles. The Morgan fingerprint density at radius 3 is 2.45 bits per heavy atom. The molecule has 0 unspecified atom stereocenters. The average Bonchev–Trinajstić information content (AvgIpc) is 2.47. The first-order chi connectivity index (χ1) is 9.69. The van der Waals surface area contributed by atoms with Gasteiger partial charge in [-0.15, -0.1) is 0 Å². The molecule has 20 heavy (non-hydrogen) atoms. The van der Waals surface area contributed by atoms with Gasteiger partial charge >= 0.3 is 0 Å². The smallest absolute Gasteiger partial charge is 0.142 e. The molecule has 1 N–H and O–H groups in total. The van der Waals surface area contributed by atoms with Crippen LogP contribution in [0.2, 0.25) is 5.02 Å². The van der Waals surface area contributed by atoms with Gasteiger partial charge in [0.15, 0.2) is 0 Å². The Hall–Kier alpha value is -1.58. The molecule has 2 rings (SSSR count). The third-order valence-corrected chi connectivity index (χ3v) is 3.20. The Balaban J connectivity index is 1.91. The fraction of sp³-hybridized carbons (Fsp3) is 0.250. The van der Waals surface area contributed by atoms with E-state index >= 15 is 0 Å². The molecule has 0 amide bonds. The van der Waals surface area contributed by atoms with Crippen molar-refractivity contribution in [1.29, 1.82) is 0 Å². The van der Waals surface area contributed by atoms with Crippen LogP contribution in [0.4, 0.5) is 4.39 Å². The maximum absolute atomic E-state index is 13.3.